The molecule has 21 heavy (non-hydrogen) atoms. The van der Waals surface area contributed by atoms with Gasteiger partial charge in [0.15, 0.2) is 0 Å². The van der Waals surface area contributed by atoms with Crippen LogP contribution >= 0.6 is 0 Å². The normalized spacial score (nSPS) is 13.3. The maximum atomic E-state index is 12.0. The first-order valence-corrected chi connectivity index (χ1v) is 8.13. The van der Waals surface area contributed by atoms with Crippen molar-refractivity contribution in [1.82, 2.24) is 5.32 Å². The van der Waals surface area contributed by atoms with Gasteiger partial charge in [-0.25, -0.2) is 0 Å². The lowest BCUT2D eigenvalue weighted by Crippen LogP contribution is -2.31. The van der Waals surface area contributed by atoms with Crippen LogP contribution in [0.5, 0.6) is 0 Å². The van der Waals surface area contributed by atoms with Crippen molar-refractivity contribution in [3.05, 3.63) is 0 Å². The Morgan fingerprint density at radius 3 is 2.33 bits per heavy atom. The van der Waals surface area contributed by atoms with Crippen molar-refractivity contribution >= 4 is 11.7 Å². The van der Waals surface area contributed by atoms with E-state index in [1.54, 1.807) is 0 Å². The van der Waals surface area contributed by atoms with E-state index in [-0.39, 0.29) is 29.1 Å². The molecule has 4 nitrogen and oxygen atoms in total. The van der Waals surface area contributed by atoms with Crippen LogP contribution < -0.4 is 5.32 Å². The molecule has 0 radical (unpaired) electrons. The topological polar surface area (TPSA) is 55.4 Å². The second kappa shape index (κ2) is 9.93. The van der Waals surface area contributed by atoms with Crippen LogP contribution in [0.4, 0.5) is 0 Å². The third kappa shape index (κ3) is 8.86. The molecule has 0 spiro atoms. The van der Waals surface area contributed by atoms with Gasteiger partial charge in [-0.2, -0.15) is 0 Å². The lowest BCUT2D eigenvalue weighted by atomic mass is 9.80. The second-order valence-electron chi connectivity index (χ2n) is 6.72. The number of carbonyl (C=O) groups is 2. The summed E-state index contributed by atoms with van der Waals surface area (Å²) in [5.74, 6) is 0.449. The Kier molecular flexibility index (Phi) is 9.51. The second-order valence-corrected chi connectivity index (χ2v) is 6.72. The van der Waals surface area contributed by atoms with E-state index < -0.39 is 0 Å². The monoisotopic (exact) mass is 299 g/mol. The summed E-state index contributed by atoms with van der Waals surface area (Å²) in [5.41, 5.74) is -0.330. The van der Waals surface area contributed by atoms with E-state index in [2.05, 4.69) is 5.32 Å². The molecule has 0 rings (SSSR count). The Balaban J connectivity index is 3.86. The van der Waals surface area contributed by atoms with Crippen LogP contribution in [0.25, 0.3) is 0 Å². The minimum absolute atomic E-state index is 0.0613. The van der Waals surface area contributed by atoms with E-state index in [0.717, 1.165) is 19.3 Å². The van der Waals surface area contributed by atoms with E-state index in [9.17, 15) is 9.59 Å². The summed E-state index contributed by atoms with van der Waals surface area (Å²) in [5, 5.41) is 2.88. The zero-order valence-electron chi connectivity index (χ0n) is 14.6. The highest BCUT2D eigenvalue weighted by Gasteiger charge is 2.29. The summed E-state index contributed by atoms with van der Waals surface area (Å²) in [4.78, 5) is 23.4. The standard InChI is InChI=1S/C17H33NO3/c1-7-8-15(19)18-11-9-14(4)21-12-10-17(5,6)16(20)13(2)3/h13-14H,7-12H2,1-6H3,(H,18,19). The van der Waals surface area contributed by atoms with Crippen molar-refractivity contribution in [2.45, 2.75) is 73.3 Å². The van der Waals surface area contributed by atoms with Gasteiger partial charge in [0.1, 0.15) is 5.78 Å². The van der Waals surface area contributed by atoms with Gasteiger partial charge in [-0.05, 0) is 26.2 Å². The SMILES string of the molecule is CCCC(=O)NCCC(C)OCCC(C)(C)C(=O)C(C)C. The number of ether oxygens (including phenoxy) is 1. The van der Waals surface area contributed by atoms with Crippen LogP contribution in [-0.4, -0.2) is 30.9 Å². The average molecular weight is 299 g/mol. The molecule has 0 saturated carbocycles. The van der Waals surface area contributed by atoms with E-state index in [4.69, 9.17) is 4.74 Å². The lowest BCUT2D eigenvalue weighted by Gasteiger charge is -2.25. The molecule has 4 heteroatoms. The van der Waals surface area contributed by atoms with Crippen LogP contribution in [0.1, 0.15) is 67.2 Å². The molecule has 0 aliphatic heterocycles. The van der Waals surface area contributed by atoms with Crippen LogP contribution in [0.15, 0.2) is 0 Å². The predicted octanol–water partition coefficient (Wildman–Crippen LogP) is 3.34. The van der Waals surface area contributed by atoms with Gasteiger partial charge in [-0.3, -0.25) is 9.59 Å². The van der Waals surface area contributed by atoms with Crippen molar-refractivity contribution in [2.24, 2.45) is 11.3 Å². The molecule has 1 unspecified atom stereocenters. The van der Waals surface area contributed by atoms with Crippen molar-refractivity contribution in [3.8, 4) is 0 Å². The van der Waals surface area contributed by atoms with Crippen molar-refractivity contribution in [3.63, 3.8) is 0 Å². The van der Waals surface area contributed by atoms with Crippen LogP contribution in [-0.2, 0) is 14.3 Å². The zero-order valence-corrected chi connectivity index (χ0v) is 14.6. The molecule has 1 amide bonds. The molecule has 124 valence electrons. The molecule has 0 aromatic rings. The van der Waals surface area contributed by atoms with Gasteiger partial charge in [-0.1, -0.05) is 34.6 Å². The Morgan fingerprint density at radius 2 is 1.81 bits per heavy atom. The molecule has 0 aliphatic rings. The van der Waals surface area contributed by atoms with E-state index in [1.807, 2.05) is 41.5 Å². The average Bonchev–Trinajstić information content (AvgIpc) is 2.37. The number of hydrogen-bond acceptors (Lipinski definition) is 3. The number of Topliss-reactive ketones (excluding diaryl/α,β-unsaturated/α-hetero) is 1. The van der Waals surface area contributed by atoms with Gasteiger partial charge in [0.25, 0.3) is 0 Å². The third-order valence-electron chi connectivity index (χ3n) is 3.67. The van der Waals surface area contributed by atoms with Gasteiger partial charge in [0, 0.05) is 30.9 Å². The molecule has 0 aromatic carbocycles. The van der Waals surface area contributed by atoms with Crippen molar-refractivity contribution in [2.75, 3.05) is 13.2 Å². The minimum Gasteiger partial charge on any atom is -0.378 e. The fourth-order valence-corrected chi connectivity index (χ4v) is 2.23. The van der Waals surface area contributed by atoms with Crippen LogP contribution in [0, 0.1) is 11.3 Å². The highest BCUT2D eigenvalue weighted by molar-refractivity contribution is 5.85. The Labute approximate surface area is 130 Å². The first-order valence-electron chi connectivity index (χ1n) is 8.13. The number of nitrogens with one attached hydrogen (secondary N) is 1. The van der Waals surface area contributed by atoms with Gasteiger partial charge < -0.3 is 10.1 Å². The molecule has 0 fully saturated rings. The summed E-state index contributed by atoms with van der Waals surface area (Å²) in [6.07, 6.45) is 3.08. The van der Waals surface area contributed by atoms with Crippen LogP contribution in [0.3, 0.4) is 0 Å². The van der Waals surface area contributed by atoms with Gasteiger partial charge in [0.2, 0.25) is 5.91 Å². The Bertz CT molecular complexity index is 324. The van der Waals surface area contributed by atoms with E-state index >= 15 is 0 Å². The zero-order chi connectivity index (χ0) is 16.5. The molecule has 0 heterocycles. The maximum Gasteiger partial charge on any atom is 0.219 e. The first kappa shape index (κ1) is 20.1. The third-order valence-corrected chi connectivity index (χ3v) is 3.67. The summed E-state index contributed by atoms with van der Waals surface area (Å²) in [6, 6.07) is 0. The van der Waals surface area contributed by atoms with E-state index in [1.165, 1.54) is 0 Å². The lowest BCUT2D eigenvalue weighted by molar-refractivity contribution is -0.131. The predicted molar refractivity (Wildman–Crippen MR) is 86.2 cm³/mol. The van der Waals surface area contributed by atoms with Gasteiger partial charge in [-0.15, -0.1) is 0 Å². The smallest absolute Gasteiger partial charge is 0.219 e. The number of ketones is 1. The fourth-order valence-electron chi connectivity index (χ4n) is 2.23. The summed E-state index contributed by atoms with van der Waals surface area (Å²) >= 11 is 0. The quantitative estimate of drug-likeness (QED) is 0.636. The maximum absolute atomic E-state index is 12.0. The van der Waals surface area contributed by atoms with Gasteiger partial charge >= 0.3 is 0 Å². The van der Waals surface area contributed by atoms with E-state index in [0.29, 0.717) is 19.6 Å². The molecule has 1 atom stereocenters. The van der Waals surface area contributed by atoms with Gasteiger partial charge in [0.05, 0.1) is 6.10 Å². The highest BCUT2D eigenvalue weighted by atomic mass is 16.5. The molecular formula is C17H33NO3. The minimum atomic E-state index is -0.330. The molecule has 0 saturated heterocycles. The summed E-state index contributed by atoms with van der Waals surface area (Å²) in [7, 11) is 0. The molecule has 1 N–H and O–H groups in total. The molecule has 0 aromatic heterocycles. The molecular weight excluding hydrogens is 266 g/mol. The number of amides is 1. The number of carbonyl (C=O) groups excluding carboxylic acids is 2. The Morgan fingerprint density at radius 1 is 1.19 bits per heavy atom. The number of rotatable bonds is 11. The highest BCUT2D eigenvalue weighted by Crippen LogP contribution is 2.25. The summed E-state index contributed by atoms with van der Waals surface area (Å²) in [6.45, 7) is 13.1. The number of hydrogen-bond donors (Lipinski definition) is 1. The largest absolute Gasteiger partial charge is 0.378 e. The Hall–Kier alpha value is -0.900. The molecule has 0 aliphatic carbocycles. The fraction of sp³-hybridized carbons (Fsp3) is 0.882. The van der Waals surface area contributed by atoms with Crippen LogP contribution in [0.2, 0.25) is 0 Å². The van der Waals surface area contributed by atoms with Crippen molar-refractivity contribution < 1.29 is 14.3 Å². The van der Waals surface area contributed by atoms with Crippen molar-refractivity contribution in [1.29, 1.82) is 0 Å². The first-order chi connectivity index (χ1) is 9.70. The molecule has 0 bridgehead atoms. The summed E-state index contributed by atoms with van der Waals surface area (Å²) < 4.78 is 5.75.